The Hall–Kier alpha value is -3.47. The van der Waals surface area contributed by atoms with E-state index in [4.69, 9.17) is 4.98 Å². The number of sulfonamides is 1. The summed E-state index contributed by atoms with van der Waals surface area (Å²) in [7, 11) is -3.80. The van der Waals surface area contributed by atoms with Gasteiger partial charge in [0.15, 0.2) is 5.13 Å². The van der Waals surface area contributed by atoms with Gasteiger partial charge in [0.2, 0.25) is 0 Å². The van der Waals surface area contributed by atoms with Gasteiger partial charge in [0, 0.05) is 39.3 Å². The summed E-state index contributed by atoms with van der Waals surface area (Å²) in [6, 6.07) is 19.1. The summed E-state index contributed by atoms with van der Waals surface area (Å²) < 4.78 is 29.3. The van der Waals surface area contributed by atoms with E-state index in [0.29, 0.717) is 6.54 Å². The first kappa shape index (κ1) is 26.1. The minimum Gasteiger partial charge on any atom is -0.351 e. The Balaban J connectivity index is 1.14. The standard InChI is InChI=1S/C28H31N5O3S2/c1-20-18-21(2)26-25(19-20)30-28(37-26)33-16-14-32(15-17-33)13-12-29-27(34)23-10-6-7-11-24(23)31-38(35,36)22-8-4-3-5-9-22/h3-11,18-19,31H,12-17H2,1-2H3,(H,29,34). The molecule has 38 heavy (non-hydrogen) atoms. The molecule has 0 radical (unpaired) electrons. The molecule has 0 atom stereocenters. The average molecular weight is 550 g/mol. The fraction of sp³-hybridized carbons (Fsp3) is 0.286. The maximum Gasteiger partial charge on any atom is 0.261 e. The van der Waals surface area contributed by atoms with Crippen LogP contribution in [0.4, 0.5) is 10.8 Å². The van der Waals surface area contributed by atoms with Gasteiger partial charge in [-0.25, -0.2) is 13.4 Å². The van der Waals surface area contributed by atoms with Gasteiger partial charge in [-0.2, -0.15) is 0 Å². The van der Waals surface area contributed by atoms with Crippen LogP contribution in [0.1, 0.15) is 21.5 Å². The van der Waals surface area contributed by atoms with Crippen LogP contribution in [-0.4, -0.2) is 63.5 Å². The van der Waals surface area contributed by atoms with Crippen LogP contribution >= 0.6 is 11.3 Å². The number of rotatable bonds is 8. The molecule has 8 nitrogen and oxygen atoms in total. The molecule has 0 bridgehead atoms. The number of aryl methyl sites for hydroxylation is 2. The number of aromatic nitrogens is 1. The third kappa shape index (κ3) is 5.82. The van der Waals surface area contributed by atoms with E-state index in [9.17, 15) is 13.2 Å². The van der Waals surface area contributed by atoms with Gasteiger partial charge in [-0.05, 0) is 55.3 Å². The Labute approximate surface area is 227 Å². The van der Waals surface area contributed by atoms with Crippen LogP contribution in [0.5, 0.6) is 0 Å². The summed E-state index contributed by atoms with van der Waals surface area (Å²) in [6.07, 6.45) is 0. The van der Waals surface area contributed by atoms with E-state index in [2.05, 4.69) is 45.8 Å². The highest BCUT2D eigenvalue weighted by molar-refractivity contribution is 7.92. The number of piperazine rings is 1. The molecular formula is C28H31N5O3S2. The summed E-state index contributed by atoms with van der Waals surface area (Å²) in [5.41, 5.74) is 4.11. The average Bonchev–Trinajstić information content (AvgIpc) is 3.34. The summed E-state index contributed by atoms with van der Waals surface area (Å²) in [4.78, 5) is 22.6. The lowest BCUT2D eigenvalue weighted by molar-refractivity contribution is 0.0948. The van der Waals surface area contributed by atoms with Gasteiger partial charge in [0.1, 0.15) is 0 Å². The van der Waals surface area contributed by atoms with Crippen LogP contribution in [-0.2, 0) is 10.0 Å². The molecule has 1 aromatic heterocycles. The van der Waals surface area contributed by atoms with Crippen LogP contribution in [0.15, 0.2) is 71.6 Å². The number of para-hydroxylation sites is 1. The lowest BCUT2D eigenvalue weighted by Crippen LogP contribution is -2.48. The molecule has 1 aliphatic heterocycles. The number of nitrogens with zero attached hydrogens (tertiary/aromatic N) is 3. The van der Waals surface area contributed by atoms with E-state index in [-0.39, 0.29) is 22.1 Å². The minimum atomic E-state index is -3.80. The lowest BCUT2D eigenvalue weighted by Gasteiger charge is -2.34. The van der Waals surface area contributed by atoms with Crippen molar-refractivity contribution < 1.29 is 13.2 Å². The second kappa shape index (κ2) is 11.1. The van der Waals surface area contributed by atoms with Crippen LogP contribution < -0.4 is 14.9 Å². The predicted octanol–water partition coefficient (Wildman–Crippen LogP) is 4.27. The highest BCUT2D eigenvalue weighted by Crippen LogP contribution is 2.32. The van der Waals surface area contributed by atoms with E-state index < -0.39 is 10.0 Å². The molecule has 0 aliphatic carbocycles. The number of carbonyl (C=O) groups excluding carboxylic acids is 1. The third-order valence-corrected chi connectivity index (χ3v) is 9.28. The number of thiazole rings is 1. The zero-order valence-corrected chi connectivity index (χ0v) is 23.1. The molecule has 2 N–H and O–H groups in total. The number of carbonyl (C=O) groups is 1. The number of anilines is 2. The molecule has 1 saturated heterocycles. The largest absolute Gasteiger partial charge is 0.351 e. The Morgan fingerprint density at radius 1 is 0.974 bits per heavy atom. The first-order chi connectivity index (χ1) is 18.3. The molecule has 1 amide bonds. The molecule has 5 rings (SSSR count). The van der Waals surface area contributed by atoms with Gasteiger partial charge >= 0.3 is 0 Å². The van der Waals surface area contributed by atoms with Gasteiger partial charge in [0.05, 0.1) is 26.4 Å². The Bertz CT molecular complexity index is 1550. The van der Waals surface area contributed by atoms with Crippen molar-refractivity contribution in [2.75, 3.05) is 48.9 Å². The molecule has 198 valence electrons. The summed E-state index contributed by atoms with van der Waals surface area (Å²) in [5, 5.41) is 4.01. The molecule has 4 aromatic rings. The molecule has 2 heterocycles. The van der Waals surface area contributed by atoms with Crippen LogP contribution in [0.2, 0.25) is 0 Å². The zero-order valence-electron chi connectivity index (χ0n) is 21.5. The number of hydrogen-bond acceptors (Lipinski definition) is 7. The quantitative estimate of drug-likeness (QED) is 0.341. The lowest BCUT2D eigenvalue weighted by atomic mass is 10.1. The molecule has 0 unspecified atom stereocenters. The van der Waals surface area contributed by atoms with Crippen molar-refractivity contribution in [3.05, 3.63) is 83.4 Å². The summed E-state index contributed by atoms with van der Waals surface area (Å²) in [5.74, 6) is -0.310. The van der Waals surface area contributed by atoms with Crippen molar-refractivity contribution in [3.63, 3.8) is 0 Å². The number of benzene rings is 3. The highest BCUT2D eigenvalue weighted by Gasteiger charge is 2.21. The molecule has 1 aliphatic rings. The van der Waals surface area contributed by atoms with Crippen molar-refractivity contribution in [3.8, 4) is 0 Å². The van der Waals surface area contributed by atoms with Crippen molar-refractivity contribution in [2.45, 2.75) is 18.7 Å². The van der Waals surface area contributed by atoms with E-state index in [1.165, 1.54) is 28.0 Å². The van der Waals surface area contributed by atoms with Gasteiger partial charge in [-0.15, -0.1) is 0 Å². The Kier molecular flexibility index (Phi) is 7.64. The van der Waals surface area contributed by atoms with E-state index in [0.717, 1.165) is 43.4 Å². The molecule has 1 fully saturated rings. The van der Waals surface area contributed by atoms with Crippen LogP contribution in [0.3, 0.4) is 0 Å². The molecule has 3 aromatic carbocycles. The van der Waals surface area contributed by atoms with Gasteiger partial charge < -0.3 is 10.2 Å². The van der Waals surface area contributed by atoms with Gasteiger partial charge in [0.25, 0.3) is 15.9 Å². The van der Waals surface area contributed by atoms with Gasteiger partial charge in [-0.3, -0.25) is 14.4 Å². The van der Waals surface area contributed by atoms with Crippen molar-refractivity contribution in [1.29, 1.82) is 0 Å². The van der Waals surface area contributed by atoms with E-state index >= 15 is 0 Å². The van der Waals surface area contributed by atoms with E-state index in [1.807, 2.05) is 0 Å². The second-order valence-corrected chi connectivity index (χ2v) is 12.1. The zero-order chi connectivity index (χ0) is 26.7. The Morgan fingerprint density at radius 3 is 2.45 bits per heavy atom. The van der Waals surface area contributed by atoms with Gasteiger partial charge in [-0.1, -0.05) is 47.7 Å². The minimum absolute atomic E-state index is 0.144. The van der Waals surface area contributed by atoms with Crippen LogP contribution in [0.25, 0.3) is 10.2 Å². The molecule has 0 spiro atoms. The maximum absolute atomic E-state index is 12.9. The summed E-state index contributed by atoms with van der Waals surface area (Å²) >= 11 is 1.75. The fourth-order valence-electron chi connectivity index (χ4n) is 4.66. The highest BCUT2D eigenvalue weighted by atomic mass is 32.2. The molecular weight excluding hydrogens is 518 g/mol. The fourth-order valence-corrected chi connectivity index (χ4v) is 6.83. The van der Waals surface area contributed by atoms with Crippen LogP contribution in [0, 0.1) is 13.8 Å². The van der Waals surface area contributed by atoms with Crippen molar-refractivity contribution >= 4 is 48.3 Å². The Morgan fingerprint density at radius 2 is 1.68 bits per heavy atom. The topological polar surface area (TPSA) is 94.6 Å². The predicted molar refractivity (Wildman–Crippen MR) is 154 cm³/mol. The molecule has 10 heteroatoms. The number of hydrogen-bond donors (Lipinski definition) is 2. The first-order valence-corrected chi connectivity index (χ1v) is 14.9. The molecule has 0 saturated carbocycles. The number of fused-ring (bicyclic) bond motifs is 1. The summed E-state index contributed by atoms with van der Waals surface area (Å²) in [6.45, 7) is 8.97. The normalized spacial score (nSPS) is 14.5. The van der Waals surface area contributed by atoms with E-state index in [1.54, 1.807) is 53.8 Å². The SMILES string of the molecule is Cc1cc(C)c2sc(N3CCN(CCNC(=O)c4ccccc4NS(=O)(=O)c4ccccc4)CC3)nc2c1. The number of amides is 1. The van der Waals surface area contributed by atoms with Crippen molar-refractivity contribution in [1.82, 2.24) is 15.2 Å². The third-order valence-electron chi connectivity index (χ3n) is 6.63. The first-order valence-electron chi connectivity index (χ1n) is 12.6. The number of nitrogens with one attached hydrogen (secondary N) is 2. The maximum atomic E-state index is 12.9. The second-order valence-electron chi connectivity index (χ2n) is 9.48. The smallest absolute Gasteiger partial charge is 0.261 e. The monoisotopic (exact) mass is 549 g/mol. The van der Waals surface area contributed by atoms with Crippen molar-refractivity contribution in [2.24, 2.45) is 0 Å².